The summed E-state index contributed by atoms with van der Waals surface area (Å²) in [6.07, 6.45) is 0. The lowest BCUT2D eigenvalue weighted by atomic mass is 10.1. The maximum atomic E-state index is 12.8. The summed E-state index contributed by atoms with van der Waals surface area (Å²) < 4.78 is 28.2. The van der Waals surface area contributed by atoms with E-state index in [9.17, 15) is 18.0 Å². The molecule has 0 atom stereocenters. The fourth-order valence-corrected chi connectivity index (χ4v) is 4.48. The molecule has 8 heteroatoms. The molecule has 3 aromatic rings. The highest BCUT2D eigenvalue weighted by Crippen LogP contribution is 2.22. The van der Waals surface area contributed by atoms with Crippen LogP contribution in [0.4, 0.5) is 11.4 Å². The number of anilines is 2. The molecule has 0 heterocycles. The minimum Gasteiger partial charge on any atom is -0.352 e. The Morgan fingerprint density at radius 3 is 2.22 bits per heavy atom. The second kappa shape index (κ2) is 9.65. The summed E-state index contributed by atoms with van der Waals surface area (Å²) in [6, 6.07) is 18.0. The van der Waals surface area contributed by atoms with Crippen molar-refractivity contribution in [2.45, 2.75) is 25.7 Å². The van der Waals surface area contributed by atoms with Crippen molar-refractivity contribution in [2.75, 3.05) is 16.6 Å². The van der Waals surface area contributed by atoms with Crippen LogP contribution in [0.3, 0.4) is 0 Å². The maximum absolute atomic E-state index is 12.8. The highest BCUT2D eigenvalue weighted by atomic mass is 32.2. The van der Waals surface area contributed by atoms with Crippen molar-refractivity contribution in [1.82, 2.24) is 5.32 Å². The van der Waals surface area contributed by atoms with E-state index in [0.717, 1.165) is 5.56 Å². The Morgan fingerprint density at radius 1 is 0.812 bits per heavy atom. The standard InChI is InChI=1S/C24H25N3O4S/c1-4-25-23(28)18-10-12-20(13-11-18)26-24(29)19-6-5-7-21(15-19)27-32(30,31)22-14-16(2)8-9-17(22)3/h5-15,27H,4H2,1-3H3,(H,25,28)(H,26,29). The third-order valence-corrected chi connectivity index (χ3v) is 6.28. The molecular formula is C24H25N3O4S. The van der Waals surface area contributed by atoms with E-state index in [4.69, 9.17) is 0 Å². The van der Waals surface area contributed by atoms with E-state index >= 15 is 0 Å². The van der Waals surface area contributed by atoms with Gasteiger partial charge in [-0.25, -0.2) is 8.42 Å². The molecule has 32 heavy (non-hydrogen) atoms. The van der Waals surface area contributed by atoms with Gasteiger partial charge < -0.3 is 10.6 Å². The first kappa shape index (κ1) is 23.0. The molecule has 0 aliphatic carbocycles. The Balaban J connectivity index is 1.75. The van der Waals surface area contributed by atoms with E-state index in [1.807, 2.05) is 19.9 Å². The van der Waals surface area contributed by atoms with Gasteiger partial charge in [-0.15, -0.1) is 0 Å². The zero-order valence-corrected chi connectivity index (χ0v) is 18.9. The molecule has 0 saturated heterocycles. The number of hydrogen-bond acceptors (Lipinski definition) is 4. The highest BCUT2D eigenvalue weighted by molar-refractivity contribution is 7.92. The Morgan fingerprint density at radius 2 is 1.53 bits per heavy atom. The van der Waals surface area contributed by atoms with Gasteiger partial charge in [0, 0.05) is 29.0 Å². The molecule has 0 aliphatic heterocycles. The van der Waals surface area contributed by atoms with Crippen molar-refractivity contribution in [3.05, 3.63) is 89.0 Å². The van der Waals surface area contributed by atoms with Crippen LogP contribution in [-0.2, 0) is 10.0 Å². The Labute approximate surface area is 187 Å². The molecule has 3 rings (SSSR count). The van der Waals surface area contributed by atoms with Gasteiger partial charge in [-0.3, -0.25) is 14.3 Å². The molecule has 0 aliphatic rings. The minimum absolute atomic E-state index is 0.186. The number of nitrogens with one attached hydrogen (secondary N) is 3. The number of aryl methyl sites for hydroxylation is 2. The second-order valence-corrected chi connectivity index (χ2v) is 9.00. The summed E-state index contributed by atoms with van der Waals surface area (Å²) in [5.74, 6) is -0.585. The fourth-order valence-electron chi connectivity index (χ4n) is 3.10. The molecule has 0 fully saturated rings. The lowest BCUT2D eigenvalue weighted by molar-refractivity contribution is 0.0955. The largest absolute Gasteiger partial charge is 0.352 e. The van der Waals surface area contributed by atoms with Crippen LogP contribution in [0.25, 0.3) is 0 Å². The maximum Gasteiger partial charge on any atom is 0.262 e. The zero-order chi connectivity index (χ0) is 23.3. The van der Waals surface area contributed by atoms with Crippen LogP contribution in [0.1, 0.15) is 38.8 Å². The minimum atomic E-state index is -3.81. The van der Waals surface area contributed by atoms with Gasteiger partial charge in [0.25, 0.3) is 21.8 Å². The lowest BCUT2D eigenvalue weighted by Crippen LogP contribution is -2.22. The monoisotopic (exact) mass is 451 g/mol. The predicted molar refractivity (Wildman–Crippen MR) is 126 cm³/mol. The number of benzene rings is 3. The summed E-state index contributed by atoms with van der Waals surface area (Å²) in [4.78, 5) is 24.7. The van der Waals surface area contributed by atoms with Gasteiger partial charge >= 0.3 is 0 Å². The lowest BCUT2D eigenvalue weighted by Gasteiger charge is -2.12. The summed E-state index contributed by atoms with van der Waals surface area (Å²) in [7, 11) is -3.81. The number of sulfonamides is 1. The van der Waals surface area contributed by atoms with E-state index in [2.05, 4.69) is 15.4 Å². The van der Waals surface area contributed by atoms with Gasteiger partial charge in [-0.1, -0.05) is 18.2 Å². The highest BCUT2D eigenvalue weighted by Gasteiger charge is 2.18. The van der Waals surface area contributed by atoms with Crippen LogP contribution >= 0.6 is 0 Å². The average Bonchev–Trinajstić information content (AvgIpc) is 2.76. The van der Waals surface area contributed by atoms with Crippen LogP contribution in [0.2, 0.25) is 0 Å². The second-order valence-electron chi connectivity index (χ2n) is 7.35. The van der Waals surface area contributed by atoms with Gasteiger partial charge in [-0.2, -0.15) is 0 Å². The van der Waals surface area contributed by atoms with Crippen molar-refractivity contribution >= 4 is 33.2 Å². The van der Waals surface area contributed by atoms with Crippen LogP contribution in [0.5, 0.6) is 0 Å². The van der Waals surface area contributed by atoms with Crippen molar-refractivity contribution in [3.8, 4) is 0 Å². The quantitative estimate of drug-likeness (QED) is 0.503. The molecule has 0 radical (unpaired) electrons. The first-order valence-electron chi connectivity index (χ1n) is 10.1. The molecule has 166 valence electrons. The first-order chi connectivity index (χ1) is 15.2. The summed E-state index contributed by atoms with van der Waals surface area (Å²) >= 11 is 0. The van der Waals surface area contributed by atoms with Crippen molar-refractivity contribution < 1.29 is 18.0 Å². The molecule has 0 saturated carbocycles. The van der Waals surface area contributed by atoms with Gasteiger partial charge in [-0.05, 0) is 80.4 Å². The van der Waals surface area contributed by atoms with Crippen LogP contribution in [-0.4, -0.2) is 26.8 Å². The van der Waals surface area contributed by atoms with Crippen LogP contribution < -0.4 is 15.4 Å². The zero-order valence-electron chi connectivity index (χ0n) is 18.1. The number of carbonyl (C=O) groups excluding carboxylic acids is 2. The van der Waals surface area contributed by atoms with E-state index in [-0.39, 0.29) is 16.5 Å². The van der Waals surface area contributed by atoms with E-state index < -0.39 is 15.9 Å². The van der Waals surface area contributed by atoms with Gasteiger partial charge in [0.05, 0.1) is 4.90 Å². The average molecular weight is 452 g/mol. The van der Waals surface area contributed by atoms with Gasteiger partial charge in [0.1, 0.15) is 0 Å². The van der Waals surface area contributed by atoms with E-state index in [0.29, 0.717) is 28.9 Å². The van der Waals surface area contributed by atoms with Gasteiger partial charge in [0.15, 0.2) is 0 Å². The molecule has 0 bridgehead atoms. The number of carbonyl (C=O) groups is 2. The molecule has 0 aromatic heterocycles. The van der Waals surface area contributed by atoms with E-state index in [1.165, 1.54) is 6.07 Å². The third kappa shape index (κ3) is 5.53. The van der Waals surface area contributed by atoms with Crippen molar-refractivity contribution in [3.63, 3.8) is 0 Å². The molecule has 0 spiro atoms. The third-order valence-electron chi connectivity index (χ3n) is 4.75. The molecule has 2 amide bonds. The van der Waals surface area contributed by atoms with Crippen LogP contribution in [0, 0.1) is 13.8 Å². The molecule has 7 nitrogen and oxygen atoms in total. The normalized spacial score (nSPS) is 11.0. The van der Waals surface area contributed by atoms with Gasteiger partial charge in [0.2, 0.25) is 0 Å². The first-order valence-corrected chi connectivity index (χ1v) is 11.6. The Kier molecular flexibility index (Phi) is 6.95. The smallest absolute Gasteiger partial charge is 0.262 e. The van der Waals surface area contributed by atoms with E-state index in [1.54, 1.807) is 61.5 Å². The number of hydrogen-bond donors (Lipinski definition) is 3. The topological polar surface area (TPSA) is 104 Å². The summed E-state index contributed by atoms with van der Waals surface area (Å²) in [6.45, 7) is 5.92. The molecular weight excluding hydrogens is 426 g/mol. The summed E-state index contributed by atoms with van der Waals surface area (Å²) in [5.41, 5.74) is 3.05. The number of amides is 2. The Hall–Kier alpha value is -3.65. The van der Waals surface area contributed by atoms with Crippen molar-refractivity contribution in [1.29, 1.82) is 0 Å². The predicted octanol–water partition coefficient (Wildman–Crippen LogP) is 4.11. The molecule has 3 N–H and O–H groups in total. The fraction of sp³-hybridized carbons (Fsp3) is 0.167. The molecule has 0 unspecified atom stereocenters. The molecule has 3 aromatic carbocycles. The van der Waals surface area contributed by atoms with Crippen LogP contribution in [0.15, 0.2) is 71.6 Å². The number of rotatable bonds is 7. The Bertz CT molecular complexity index is 1250. The van der Waals surface area contributed by atoms with Crippen molar-refractivity contribution in [2.24, 2.45) is 0 Å². The summed E-state index contributed by atoms with van der Waals surface area (Å²) in [5, 5.41) is 5.46. The SMILES string of the molecule is CCNC(=O)c1ccc(NC(=O)c2cccc(NS(=O)(=O)c3cc(C)ccc3C)c2)cc1.